The summed E-state index contributed by atoms with van der Waals surface area (Å²) in [5.41, 5.74) is 4.20. The number of carbonyl (C=O) groups excluding carboxylic acids is 1. The van der Waals surface area contributed by atoms with E-state index >= 15 is 0 Å². The van der Waals surface area contributed by atoms with Crippen LogP contribution in [0.2, 0.25) is 0 Å². The summed E-state index contributed by atoms with van der Waals surface area (Å²) < 4.78 is 2.01. The van der Waals surface area contributed by atoms with Crippen LogP contribution in [0.25, 0.3) is 0 Å². The minimum Gasteiger partial charge on any atom is -0.362 e. The molecule has 2 aromatic heterocycles. The molecule has 2 unspecified atom stereocenters. The average Bonchev–Trinajstić information content (AvgIpc) is 3.19. The van der Waals surface area contributed by atoms with Gasteiger partial charge in [0.25, 0.3) is 0 Å². The molecule has 300 valence electrons. The first-order valence-corrected chi connectivity index (χ1v) is 21.6. The number of hydrogen-bond donors (Lipinski definition) is 4. The minimum atomic E-state index is -0.290. The highest BCUT2D eigenvalue weighted by atomic mass is 79.9. The van der Waals surface area contributed by atoms with Crippen molar-refractivity contribution in [3.8, 4) is 0 Å². The number of rotatable bonds is 16. The van der Waals surface area contributed by atoms with E-state index < -0.39 is 0 Å². The molecule has 2 saturated carbocycles. The van der Waals surface area contributed by atoms with E-state index in [1.54, 1.807) is 0 Å². The van der Waals surface area contributed by atoms with Crippen LogP contribution < -0.4 is 31.1 Å². The first-order valence-electron chi connectivity index (χ1n) is 20.0. The largest absolute Gasteiger partial charge is 0.362 e. The van der Waals surface area contributed by atoms with Gasteiger partial charge in [-0.2, -0.15) is 9.97 Å². The molecule has 2 heterocycles. The van der Waals surface area contributed by atoms with Crippen LogP contribution in [0, 0.1) is 13.8 Å². The van der Waals surface area contributed by atoms with Crippen LogP contribution in [0.5, 0.6) is 0 Å². The Balaban J connectivity index is 1.09. The number of hydrogen-bond acceptors (Lipinski definition) is 11. The van der Waals surface area contributed by atoms with Crippen LogP contribution in [0.1, 0.15) is 85.5 Å². The van der Waals surface area contributed by atoms with Gasteiger partial charge in [-0.15, -0.1) is 0 Å². The highest BCUT2D eigenvalue weighted by Crippen LogP contribution is 2.31. The molecule has 13 heteroatoms. The van der Waals surface area contributed by atoms with Crippen molar-refractivity contribution in [1.29, 1.82) is 0 Å². The molecule has 2 fully saturated rings. The van der Waals surface area contributed by atoms with Crippen LogP contribution in [-0.4, -0.2) is 91.2 Å². The van der Waals surface area contributed by atoms with Crippen molar-refractivity contribution in [2.75, 3.05) is 61.7 Å². The van der Waals surface area contributed by atoms with E-state index in [2.05, 4.69) is 87.4 Å². The van der Waals surface area contributed by atoms with Crippen molar-refractivity contribution in [1.82, 2.24) is 30.6 Å². The molecule has 0 saturated heterocycles. The Morgan fingerprint density at radius 3 is 1.29 bits per heavy atom. The molecule has 4 N–H and O–H groups in total. The number of nitrogens with zero attached hydrogens (tertiary/aromatic N) is 6. The monoisotopic (exact) mass is 888 g/mol. The van der Waals surface area contributed by atoms with Gasteiger partial charge in [0.2, 0.25) is 11.9 Å². The SMILES string of the molecule is Cc1cnc(NC2CCC(NCC(C(=O)C(CNC3CCC(Nc4ncc(C)c(N(C)C)n4)CC3)c3ccc(Br)cc3)c3ccc(Br)cc3)CC2)nc1N(C)C. The Morgan fingerprint density at radius 1 is 0.607 bits per heavy atom. The van der Waals surface area contributed by atoms with E-state index in [0.29, 0.717) is 49.2 Å². The molecule has 0 amide bonds. The van der Waals surface area contributed by atoms with Crippen molar-refractivity contribution >= 4 is 61.2 Å². The standard InChI is InChI=1S/C43H58Br2N10O/c1-27-23-48-42(52-40(27)54(3)4)50-35-19-15-33(16-20-35)46-25-37(29-7-11-31(44)12-8-29)39(56)38(30-9-13-32(45)14-10-30)26-47-34-17-21-36(22-18-34)51-43-49-24-28(2)41(53-43)55(5)6/h7-14,23-24,33-38,46-47H,15-22,25-26H2,1-6H3,(H,48,50,52)(H,49,51,53). The Morgan fingerprint density at radius 2 is 0.946 bits per heavy atom. The van der Waals surface area contributed by atoms with Gasteiger partial charge in [0.1, 0.15) is 17.4 Å². The van der Waals surface area contributed by atoms with Crippen molar-refractivity contribution in [3.63, 3.8) is 0 Å². The third-order valence-corrected chi connectivity index (χ3v) is 12.4. The number of anilines is 4. The smallest absolute Gasteiger partial charge is 0.224 e. The van der Waals surface area contributed by atoms with Crippen LogP contribution in [0.4, 0.5) is 23.5 Å². The fourth-order valence-electron chi connectivity index (χ4n) is 8.13. The van der Waals surface area contributed by atoms with Crippen molar-refractivity contribution in [2.24, 2.45) is 0 Å². The molecular formula is C43H58Br2N10O. The maximum absolute atomic E-state index is 14.9. The third kappa shape index (κ3) is 11.3. The minimum absolute atomic E-state index is 0.238. The van der Waals surface area contributed by atoms with Gasteiger partial charge in [-0.05, 0) is 101 Å². The van der Waals surface area contributed by atoms with Gasteiger partial charge in [-0.1, -0.05) is 56.1 Å². The molecule has 0 aliphatic heterocycles. The van der Waals surface area contributed by atoms with Crippen LogP contribution >= 0.6 is 31.9 Å². The first kappa shape index (κ1) is 42.0. The van der Waals surface area contributed by atoms with E-state index in [-0.39, 0.29) is 17.6 Å². The zero-order chi connectivity index (χ0) is 39.8. The summed E-state index contributed by atoms with van der Waals surface area (Å²) in [4.78, 5) is 37.6. The molecule has 0 radical (unpaired) electrons. The second kappa shape index (κ2) is 19.7. The highest BCUT2D eigenvalue weighted by molar-refractivity contribution is 9.10. The van der Waals surface area contributed by atoms with Crippen molar-refractivity contribution in [3.05, 3.63) is 92.1 Å². The normalized spacial score (nSPS) is 20.9. The average molecular weight is 891 g/mol. The molecule has 2 aliphatic carbocycles. The summed E-state index contributed by atoms with van der Waals surface area (Å²) in [5.74, 6) is 2.90. The Kier molecular flexibility index (Phi) is 14.7. The number of carbonyl (C=O) groups is 1. The van der Waals surface area contributed by atoms with Gasteiger partial charge in [0, 0.05) is 97.9 Å². The summed E-state index contributed by atoms with van der Waals surface area (Å²) in [6, 6.07) is 17.9. The third-order valence-electron chi connectivity index (χ3n) is 11.3. The Labute approximate surface area is 349 Å². The number of nitrogens with one attached hydrogen (secondary N) is 4. The number of Topliss-reactive ketones (excluding diaryl/α,β-unsaturated/α-hetero) is 1. The summed E-state index contributed by atoms with van der Waals surface area (Å²) >= 11 is 7.21. The molecule has 2 aromatic carbocycles. The summed E-state index contributed by atoms with van der Waals surface area (Å²) in [6.45, 7) is 5.26. The van der Waals surface area contributed by atoms with E-state index in [0.717, 1.165) is 94.2 Å². The number of aryl methyl sites for hydroxylation is 2. The molecule has 2 atom stereocenters. The predicted molar refractivity (Wildman–Crippen MR) is 236 cm³/mol. The quantitative estimate of drug-likeness (QED) is 0.0876. The predicted octanol–water partition coefficient (Wildman–Crippen LogP) is 8.00. The van der Waals surface area contributed by atoms with Crippen LogP contribution in [0.3, 0.4) is 0 Å². The van der Waals surface area contributed by atoms with Crippen LogP contribution in [-0.2, 0) is 4.79 Å². The fraction of sp³-hybridized carbons (Fsp3) is 0.512. The zero-order valence-electron chi connectivity index (χ0n) is 33.7. The van der Waals surface area contributed by atoms with Gasteiger partial charge < -0.3 is 31.1 Å². The molecule has 6 rings (SSSR count). The molecule has 0 bridgehead atoms. The topological polar surface area (TPSA) is 123 Å². The molecule has 4 aromatic rings. The van der Waals surface area contributed by atoms with Gasteiger partial charge >= 0.3 is 0 Å². The molecule has 56 heavy (non-hydrogen) atoms. The summed E-state index contributed by atoms with van der Waals surface area (Å²) in [7, 11) is 8.03. The van der Waals surface area contributed by atoms with Crippen molar-refractivity contribution < 1.29 is 4.79 Å². The van der Waals surface area contributed by atoms with E-state index in [4.69, 9.17) is 9.97 Å². The first-order chi connectivity index (χ1) is 26.9. The lowest BCUT2D eigenvalue weighted by Crippen LogP contribution is -2.43. The highest BCUT2D eigenvalue weighted by Gasteiger charge is 2.32. The van der Waals surface area contributed by atoms with Gasteiger partial charge in [0.05, 0.1) is 11.8 Å². The lowest BCUT2D eigenvalue weighted by atomic mass is 9.82. The van der Waals surface area contributed by atoms with E-state index in [1.807, 2.05) is 88.5 Å². The summed E-state index contributed by atoms with van der Waals surface area (Å²) in [5, 5.41) is 14.8. The van der Waals surface area contributed by atoms with Gasteiger partial charge in [0.15, 0.2) is 0 Å². The fourth-order valence-corrected chi connectivity index (χ4v) is 8.66. The lowest BCUT2D eigenvalue weighted by molar-refractivity contribution is -0.121. The second-order valence-electron chi connectivity index (χ2n) is 16.0. The Bertz CT molecular complexity index is 1740. The maximum Gasteiger partial charge on any atom is 0.224 e. The number of aromatic nitrogens is 4. The number of benzene rings is 2. The Hall–Kier alpha value is -3.65. The maximum atomic E-state index is 14.9. The summed E-state index contributed by atoms with van der Waals surface area (Å²) in [6.07, 6.45) is 11.9. The number of ketones is 1. The van der Waals surface area contributed by atoms with Crippen molar-refractivity contribution in [2.45, 2.75) is 101 Å². The van der Waals surface area contributed by atoms with Gasteiger partial charge in [-0.25, -0.2) is 9.97 Å². The van der Waals surface area contributed by atoms with Crippen LogP contribution in [0.15, 0.2) is 69.9 Å². The number of halogens is 2. The zero-order valence-corrected chi connectivity index (χ0v) is 36.8. The van der Waals surface area contributed by atoms with Gasteiger partial charge in [-0.3, -0.25) is 4.79 Å². The lowest BCUT2D eigenvalue weighted by Gasteiger charge is -2.33. The van der Waals surface area contributed by atoms with E-state index in [1.165, 1.54) is 0 Å². The second-order valence-corrected chi connectivity index (χ2v) is 17.8. The molecule has 0 spiro atoms. The molecular weight excluding hydrogens is 832 g/mol. The molecule has 11 nitrogen and oxygen atoms in total. The molecule has 2 aliphatic rings. The van der Waals surface area contributed by atoms with E-state index in [9.17, 15) is 4.79 Å².